The van der Waals surface area contributed by atoms with Crippen LogP contribution in [0.3, 0.4) is 0 Å². The minimum atomic E-state index is -1.83. The number of hydrogen-bond acceptors (Lipinski definition) is 1. The van der Waals surface area contributed by atoms with Crippen LogP contribution in [0.2, 0.25) is 0 Å². The maximum Gasteiger partial charge on any atom is 0.503 e. The van der Waals surface area contributed by atoms with Gasteiger partial charge in [-0.2, -0.15) is 0 Å². The smallest absolute Gasteiger partial charge is 0.450 e. The second kappa shape index (κ2) is 144. The molecule has 0 saturated carbocycles. The zero-order valence-electron chi connectivity index (χ0n) is 6.38. The maximum atomic E-state index is 8.56. The summed E-state index contributed by atoms with van der Waals surface area (Å²) in [6.07, 6.45) is -1.83. The maximum absolute atomic E-state index is 8.56. The zero-order chi connectivity index (χ0) is 3.58. The van der Waals surface area contributed by atoms with Crippen molar-refractivity contribution < 1.29 is 100 Å². The van der Waals surface area contributed by atoms with E-state index in [0.29, 0.717) is 0 Å². The van der Waals surface area contributed by atoms with Gasteiger partial charge in [-0.1, -0.05) is 0 Å². The summed E-state index contributed by atoms with van der Waals surface area (Å²) >= 11 is 0. The summed E-state index contributed by atoms with van der Waals surface area (Å²) in [7, 11) is 0. The van der Waals surface area contributed by atoms with E-state index in [-0.39, 0.29) is 85.1 Å². The summed E-state index contributed by atoms with van der Waals surface area (Å²) in [4.78, 5) is 8.56. The van der Waals surface area contributed by atoms with E-state index in [2.05, 4.69) is 0 Å². The second-order valence-electron chi connectivity index (χ2n) is 0.283. The summed E-state index contributed by atoms with van der Waals surface area (Å²) in [6.45, 7) is 0. The number of hydrogen-bond donors (Lipinski definition) is 2. The van der Waals surface area contributed by atoms with Crippen LogP contribution in [0.1, 0.15) is 0 Å². The Labute approximate surface area is 106 Å². The van der Waals surface area contributed by atoms with Crippen molar-refractivity contribution in [1.29, 1.82) is 0 Å². The normalized spacial score (nSPS) is 1.85. The first-order valence-corrected chi connectivity index (χ1v) is 0.651. The van der Waals surface area contributed by atoms with E-state index < -0.39 is 6.16 Å². The van der Waals surface area contributed by atoms with E-state index in [4.69, 9.17) is 15.0 Å². The van der Waals surface area contributed by atoms with E-state index >= 15 is 0 Å². The molecule has 0 aliphatic heterocycles. The summed E-state index contributed by atoms with van der Waals surface area (Å²) < 4.78 is 0. The van der Waals surface area contributed by atoms with Crippen LogP contribution in [0.5, 0.6) is 0 Å². The van der Waals surface area contributed by atoms with Gasteiger partial charge in [0.2, 0.25) is 0 Å². The van der Waals surface area contributed by atoms with Crippen LogP contribution in [-0.2, 0) is 0 Å². The van der Waals surface area contributed by atoms with Gasteiger partial charge in [-0.15, -0.1) is 0 Å². The van der Waals surface area contributed by atoms with Crippen LogP contribution in [0.4, 0.5) is 4.79 Å². The van der Waals surface area contributed by atoms with Crippen molar-refractivity contribution in [3.8, 4) is 0 Å². The molecule has 91 valence electrons. The summed E-state index contributed by atoms with van der Waals surface area (Å²) in [5.41, 5.74) is 0. The minimum absolute atomic E-state index is 0. The number of carboxylic acid groups (broad SMARTS) is 2. The molecule has 0 aromatic rings. The second-order valence-corrected chi connectivity index (χ2v) is 0.283. The Morgan fingerprint density at radius 3 is 0.615 bits per heavy atom. The summed E-state index contributed by atoms with van der Waals surface area (Å²) in [5.74, 6) is 0. The van der Waals surface area contributed by atoms with Gasteiger partial charge >= 0.3 is 6.16 Å². The van der Waals surface area contributed by atoms with Crippen LogP contribution >= 0.6 is 0 Å². The molecule has 0 rings (SSSR count). The summed E-state index contributed by atoms with van der Waals surface area (Å²) in [5, 5.41) is 13.9. The standard InChI is InChI=1S/CH2O3.8H2O.Pr/c2-1(3)4;;;;;;;;;/h(H2,2,3,4);8*1H2;. The average Bonchev–Trinajstić information content (AvgIpc) is 0.811. The molecule has 0 fully saturated rings. The van der Waals surface area contributed by atoms with Crippen molar-refractivity contribution in [1.82, 2.24) is 0 Å². The van der Waals surface area contributed by atoms with E-state index in [0.717, 1.165) is 0 Å². The first-order valence-electron chi connectivity index (χ1n) is 0.651. The first kappa shape index (κ1) is 184. The third-order valence-electron chi connectivity index (χ3n) is 0. The third-order valence-corrected chi connectivity index (χ3v) is 0. The van der Waals surface area contributed by atoms with Gasteiger partial charge in [0, 0.05) is 41.3 Å². The fourth-order valence-electron chi connectivity index (χ4n) is 0. The predicted molar refractivity (Wildman–Crippen MR) is 39.6 cm³/mol. The third kappa shape index (κ3) is 13300. The van der Waals surface area contributed by atoms with Crippen molar-refractivity contribution in [2.45, 2.75) is 0 Å². The van der Waals surface area contributed by atoms with Crippen LogP contribution in [0, 0.1) is 41.3 Å². The van der Waals surface area contributed by atoms with Crippen molar-refractivity contribution >= 4 is 6.16 Å². The molecule has 18 N–H and O–H groups in total. The molecule has 0 unspecified atom stereocenters. The molecule has 0 aromatic heterocycles. The quantitative estimate of drug-likeness (QED) is 0.432. The first-order chi connectivity index (χ1) is 1.73. The summed E-state index contributed by atoms with van der Waals surface area (Å²) in [6, 6.07) is 0. The van der Waals surface area contributed by atoms with Crippen molar-refractivity contribution in [3.63, 3.8) is 0 Å². The Bertz CT molecular complexity index is 33.1. The van der Waals surface area contributed by atoms with Crippen molar-refractivity contribution in [3.05, 3.63) is 0 Å². The van der Waals surface area contributed by atoms with Crippen LogP contribution in [0.15, 0.2) is 0 Å². The van der Waals surface area contributed by atoms with Crippen molar-refractivity contribution in [2.24, 2.45) is 0 Å². The molecule has 0 aliphatic carbocycles. The van der Waals surface area contributed by atoms with Gasteiger partial charge in [-0.05, 0) is 0 Å². The Morgan fingerprint density at radius 1 is 0.615 bits per heavy atom. The molecule has 0 atom stereocenters. The van der Waals surface area contributed by atoms with E-state index in [1.807, 2.05) is 0 Å². The SMILES string of the molecule is O.O.O.O.O.O.O.O.O=C(O)O.[Pr]. The molecule has 11 nitrogen and oxygen atoms in total. The molecule has 0 amide bonds. The van der Waals surface area contributed by atoms with E-state index in [1.165, 1.54) is 0 Å². The van der Waals surface area contributed by atoms with Gasteiger partial charge in [-0.25, -0.2) is 4.79 Å². The zero-order valence-corrected chi connectivity index (χ0v) is 10.1. The van der Waals surface area contributed by atoms with Gasteiger partial charge in [0.05, 0.1) is 0 Å². The molecule has 0 spiro atoms. The fourth-order valence-corrected chi connectivity index (χ4v) is 0. The molecular formula is CH18O11Pr. The molecule has 13 heavy (non-hydrogen) atoms. The molecule has 1 radical (unpaired) electrons. The number of rotatable bonds is 0. The van der Waals surface area contributed by atoms with Gasteiger partial charge < -0.3 is 54.0 Å². The fraction of sp³-hybridized carbons (Fsp3) is 0. The largest absolute Gasteiger partial charge is 0.503 e. The molecule has 12 heteroatoms. The van der Waals surface area contributed by atoms with Crippen LogP contribution in [0.25, 0.3) is 0 Å². The minimum Gasteiger partial charge on any atom is -0.450 e. The van der Waals surface area contributed by atoms with E-state index in [1.54, 1.807) is 0 Å². The Balaban J connectivity index is -0.00000000125. The molecule has 0 saturated heterocycles. The van der Waals surface area contributed by atoms with Crippen LogP contribution in [-0.4, -0.2) is 60.2 Å². The van der Waals surface area contributed by atoms with E-state index in [9.17, 15) is 0 Å². The molecule has 0 heterocycles. The van der Waals surface area contributed by atoms with Gasteiger partial charge in [0.25, 0.3) is 0 Å². The monoisotopic (exact) mass is 347 g/mol. The Kier molecular flexibility index (Phi) is 2030. The molecular weight excluding hydrogens is 329 g/mol. The van der Waals surface area contributed by atoms with Gasteiger partial charge in [-0.3, -0.25) is 0 Å². The number of carbonyl (C=O) groups is 1. The van der Waals surface area contributed by atoms with Crippen LogP contribution < -0.4 is 0 Å². The van der Waals surface area contributed by atoms with Gasteiger partial charge in [0.1, 0.15) is 0 Å². The topological polar surface area (TPSA) is 310 Å². The average molecular weight is 347 g/mol. The van der Waals surface area contributed by atoms with Crippen molar-refractivity contribution in [2.75, 3.05) is 0 Å². The molecule has 0 aromatic carbocycles. The molecule has 0 aliphatic rings. The Hall–Kier alpha value is 0.314. The van der Waals surface area contributed by atoms with Gasteiger partial charge in [0.15, 0.2) is 0 Å². The molecule has 0 bridgehead atoms. The predicted octanol–water partition coefficient (Wildman–Crippen LogP) is -6.38. The Morgan fingerprint density at radius 2 is 0.615 bits per heavy atom.